The van der Waals surface area contributed by atoms with Crippen molar-refractivity contribution in [1.29, 1.82) is 0 Å². The zero-order valence-electron chi connectivity index (χ0n) is 31.6. The van der Waals surface area contributed by atoms with Crippen molar-refractivity contribution < 1.29 is 23.1 Å². The molecule has 8 nitrogen and oxygen atoms in total. The van der Waals surface area contributed by atoms with E-state index in [9.17, 15) is 9.59 Å². The second-order valence-electron chi connectivity index (χ2n) is 15.9. The molecule has 11 heteroatoms. The van der Waals surface area contributed by atoms with Gasteiger partial charge in [-0.25, -0.2) is 13.6 Å². The summed E-state index contributed by atoms with van der Waals surface area (Å²) in [6, 6.07) is 13.7. The van der Waals surface area contributed by atoms with E-state index in [4.69, 9.17) is 4.74 Å². The van der Waals surface area contributed by atoms with Gasteiger partial charge >= 0.3 is 6.09 Å². The van der Waals surface area contributed by atoms with Gasteiger partial charge in [0.2, 0.25) is 0 Å². The summed E-state index contributed by atoms with van der Waals surface area (Å²) >= 11 is 1.66. The first-order chi connectivity index (χ1) is 25.2. The number of likely N-dealkylation sites (tertiary alicyclic amines) is 2. The van der Waals surface area contributed by atoms with Crippen LogP contribution in [0.15, 0.2) is 53.9 Å². The lowest BCUT2D eigenvalue weighted by atomic mass is 9.93. The molecule has 3 aromatic rings. The van der Waals surface area contributed by atoms with Gasteiger partial charge in [0.15, 0.2) is 0 Å². The normalized spacial score (nSPS) is 20.4. The van der Waals surface area contributed by atoms with Crippen LogP contribution in [0.2, 0.25) is 0 Å². The van der Waals surface area contributed by atoms with Crippen LogP contribution in [-0.2, 0) is 4.74 Å². The highest BCUT2D eigenvalue weighted by molar-refractivity contribution is 7.13. The van der Waals surface area contributed by atoms with Crippen LogP contribution in [0.5, 0.6) is 0 Å². The molecular formula is C42H53F2N5O3S. The molecule has 0 spiro atoms. The Morgan fingerprint density at radius 3 is 2.53 bits per heavy atom. The summed E-state index contributed by atoms with van der Waals surface area (Å²) in [4.78, 5) is 30.9. The summed E-state index contributed by atoms with van der Waals surface area (Å²) in [6.45, 7) is 13.6. The minimum absolute atomic E-state index is 0.223. The predicted octanol–water partition coefficient (Wildman–Crippen LogP) is 7.94. The molecule has 0 bridgehead atoms. The first kappa shape index (κ1) is 38.7. The summed E-state index contributed by atoms with van der Waals surface area (Å²) in [5.41, 5.74) is 3.66. The van der Waals surface area contributed by atoms with Gasteiger partial charge in [-0.3, -0.25) is 9.69 Å². The number of alkyl halides is 2. The molecule has 3 aliphatic rings. The van der Waals surface area contributed by atoms with E-state index in [1.807, 2.05) is 26.0 Å². The molecule has 6 rings (SSSR count). The second kappa shape index (κ2) is 16.6. The standard InChI is InChI=1S/C42H53F2N5O3S/c1-28-8-13-34(47-38-26-49(27-42(38,43)44)40(51)52-41(3,4)5)24-35(28)39(50)46-29(2)33-12-11-32(36(23-33)37-7-6-22-53-37)10-9-30-16-20-48(21-17-30)25-31-14-18-45-19-15-31/h6-8,11-13,22-24,29-31,38,45,47H,14-21,25-27H2,1-5H3,(H,46,50)/t29-,38-/m1/s1. The van der Waals surface area contributed by atoms with Crippen LogP contribution in [0, 0.1) is 30.6 Å². The van der Waals surface area contributed by atoms with Crippen molar-refractivity contribution in [2.24, 2.45) is 11.8 Å². The lowest BCUT2D eigenvalue weighted by molar-refractivity contribution is -0.00635. The molecule has 0 radical (unpaired) electrons. The average Bonchev–Trinajstić information content (AvgIpc) is 3.76. The molecule has 2 amide bonds. The molecule has 3 N–H and O–H groups in total. The van der Waals surface area contributed by atoms with Gasteiger partial charge < -0.3 is 25.6 Å². The van der Waals surface area contributed by atoms with Crippen molar-refractivity contribution in [3.05, 3.63) is 76.2 Å². The Labute approximate surface area is 317 Å². The van der Waals surface area contributed by atoms with Gasteiger partial charge in [0, 0.05) is 39.7 Å². The molecule has 1 aromatic heterocycles. The molecular weight excluding hydrogens is 693 g/mol. The van der Waals surface area contributed by atoms with Crippen molar-refractivity contribution >= 4 is 29.0 Å². The molecule has 3 saturated heterocycles. The van der Waals surface area contributed by atoms with E-state index in [1.54, 1.807) is 50.3 Å². The van der Waals surface area contributed by atoms with Crippen LogP contribution in [0.4, 0.5) is 19.3 Å². The van der Waals surface area contributed by atoms with Gasteiger partial charge in [-0.2, -0.15) is 0 Å². The molecule has 3 fully saturated rings. The third kappa shape index (κ3) is 10.2. The third-order valence-electron chi connectivity index (χ3n) is 10.4. The fourth-order valence-corrected chi connectivity index (χ4v) is 8.12. The van der Waals surface area contributed by atoms with Crippen LogP contribution in [-0.4, -0.2) is 85.2 Å². The van der Waals surface area contributed by atoms with Crippen molar-refractivity contribution in [2.75, 3.05) is 51.1 Å². The summed E-state index contributed by atoms with van der Waals surface area (Å²) in [5, 5.41) is 11.5. The number of anilines is 1. The number of nitrogens with one attached hydrogen (secondary N) is 3. The van der Waals surface area contributed by atoms with Gasteiger partial charge in [0.25, 0.3) is 11.8 Å². The second-order valence-corrected chi connectivity index (χ2v) is 16.8. The summed E-state index contributed by atoms with van der Waals surface area (Å²) < 4.78 is 35.4. The van der Waals surface area contributed by atoms with Crippen molar-refractivity contribution in [2.45, 2.75) is 83.9 Å². The lowest BCUT2D eigenvalue weighted by Gasteiger charge is -2.34. The fourth-order valence-electron chi connectivity index (χ4n) is 7.36. The van der Waals surface area contributed by atoms with E-state index < -0.39 is 30.2 Å². The number of nitrogens with zero attached hydrogens (tertiary/aromatic N) is 2. The highest BCUT2D eigenvalue weighted by Gasteiger charge is 2.50. The SMILES string of the molecule is Cc1ccc(N[C@@H]2CN(C(=O)OC(C)(C)C)CC2(F)F)cc1C(=O)N[C@H](C)c1ccc(C#CC2CCN(CC3CCNCC3)CC2)c(-c2cccs2)c1. The number of halogens is 2. The number of carbonyl (C=O) groups is 2. The zero-order valence-corrected chi connectivity index (χ0v) is 32.4. The van der Waals surface area contributed by atoms with Crippen molar-refractivity contribution in [1.82, 2.24) is 20.4 Å². The maximum atomic E-state index is 15.0. The number of hydrogen-bond acceptors (Lipinski definition) is 7. The monoisotopic (exact) mass is 745 g/mol. The van der Waals surface area contributed by atoms with Crippen LogP contribution in [0.3, 0.4) is 0 Å². The Balaban J connectivity index is 1.10. The Kier molecular flexibility index (Phi) is 12.1. The molecule has 2 aromatic carbocycles. The van der Waals surface area contributed by atoms with Crippen LogP contribution in [0.25, 0.3) is 10.4 Å². The van der Waals surface area contributed by atoms with E-state index in [0.717, 1.165) is 77.0 Å². The number of amides is 2. The minimum atomic E-state index is -3.18. The number of ether oxygens (including phenoxy) is 1. The van der Waals surface area contributed by atoms with Gasteiger partial charge in [0.05, 0.1) is 19.1 Å². The van der Waals surface area contributed by atoms with Gasteiger partial charge in [0.1, 0.15) is 11.6 Å². The minimum Gasteiger partial charge on any atom is -0.444 e. The molecule has 0 saturated carbocycles. The number of piperidine rings is 2. The van der Waals surface area contributed by atoms with E-state index >= 15 is 8.78 Å². The van der Waals surface area contributed by atoms with Crippen molar-refractivity contribution in [3.8, 4) is 22.3 Å². The number of thiophene rings is 1. The van der Waals surface area contributed by atoms with Gasteiger partial charge in [-0.15, -0.1) is 11.3 Å². The van der Waals surface area contributed by atoms with Crippen LogP contribution < -0.4 is 16.0 Å². The summed E-state index contributed by atoms with van der Waals surface area (Å²) in [6.07, 6.45) is 3.96. The first-order valence-corrected chi connectivity index (χ1v) is 19.8. The quantitative estimate of drug-likeness (QED) is 0.203. The Hall–Kier alpha value is -3.98. The maximum Gasteiger partial charge on any atom is 0.410 e. The third-order valence-corrected chi connectivity index (χ3v) is 11.3. The number of benzene rings is 2. The zero-order chi connectivity index (χ0) is 37.8. The number of carbonyl (C=O) groups excluding carboxylic acids is 2. The van der Waals surface area contributed by atoms with E-state index in [0.29, 0.717) is 17.2 Å². The maximum absolute atomic E-state index is 15.0. The molecule has 284 valence electrons. The number of aryl methyl sites for hydroxylation is 1. The van der Waals surface area contributed by atoms with E-state index in [1.165, 1.54) is 19.4 Å². The number of hydrogen-bond donors (Lipinski definition) is 3. The predicted molar refractivity (Wildman–Crippen MR) is 209 cm³/mol. The van der Waals surface area contributed by atoms with Gasteiger partial charge in [-0.05, 0) is 139 Å². The van der Waals surface area contributed by atoms with Crippen LogP contribution in [0.1, 0.15) is 86.5 Å². The molecule has 2 atom stereocenters. The first-order valence-electron chi connectivity index (χ1n) is 18.9. The highest BCUT2D eigenvalue weighted by Crippen LogP contribution is 2.33. The molecule has 0 aliphatic carbocycles. The largest absolute Gasteiger partial charge is 0.444 e. The smallest absolute Gasteiger partial charge is 0.410 e. The summed E-state index contributed by atoms with van der Waals surface area (Å²) in [7, 11) is 0. The summed E-state index contributed by atoms with van der Waals surface area (Å²) in [5.74, 6) is 4.82. The lowest BCUT2D eigenvalue weighted by Crippen LogP contribution is -2.40. The molecule has 4 heterocycles. The molecule has 53 heavy (non-hydrogen) atoms. The van der Waals surface area contributed by atoms with E-state index in [-0.39, 0.29) is 18.5 Å². The topological polar surface area (TPSA) is 85.9 Å². The van der Waals surface area contributed by atoms with Crippen molar-refractivity contribution in [3.63, 3.8) is 0 Å². The van der Waals surface area contributed by atoms with Gasteiger partial charge in [-0.1, -0.05) is 30.0 Å². The molecule has 0 unspecified atom stereocenters. The Bertz CT molecular complexity index is 1800. The average molecular weight is 746 g/mol. The van der Waals surface area contributed by atoms with Crippen LogP contribution >= 0.6 is 11.3 Å². The highest BCUT2D eigenvalue weighted by atomic mass is 32.1. The fraction of sp³-hybridized carbons (Fsp3) is 0.524. The molecule has 3 aliphatic heterocycles. The van der Waals surface area contributed by atoms with E-state index in [2.05, 4.69) is 56.3 Å². The Morgan fingerprint density at radius 2 is 1.83 bits per heavy atom. The number of rotatable bonds is 8. The Morgan fingerprint density at radius 1 is 1.08 bits per heavy atom.